The lowest BCUT2D eigenvalue weighted by molar-refractivity contribution is -0.123. The fourth-order valence-electron chi connectivity index (χ4n) is 4.19. The van der Waals surface area contributed by atoms with Crippen molar-refractivity contribution in [3.63, 3.8) is 0 Å². The molecule has 1 unspecified atom stereocenters. The lowest BCUT2D eigenvalue weighted by Gasteiger charge is -2.36. The van der Waals surface area contributed by atoms with E-state index in [0.29, 0.717) is 12.3 Å². The average Bonchev–Trinajstić information content (AvgIpc) is 3.10. The number of hydrogen-bond acceptors (Lipinski definition) is 5. The molecule has 6 heteroatoms. The Kier molecular flexibility index (Phi) is 6.79. The van der Waals surface area contributed by atoms with E-state index < -0.39 is 0 Å². The summed E-state index contributed by atoms with van der Waals surface area (Å²) in [6.45, 7) is 6.75. The van der Waals surface area contributed by atoms with Gasteiger partial charge in [-0.25, -0.2) is 4.90 Å². The van der Waals surface area contributed by atoms with Crippen LogP contribution >= 0.6 is 0 Å². The van der Waals surface area contributed by atoms with Crippen molar-refractivity contribution in [2.45, 2.75) is 19.4 Å². The summed E-state index contributed by atoms with van der Waals surface area (Å²) in [5.41, 5.74) is 1.82. The van der Waals surface area contributed by atoms with Gasteiger partial charge >= 0.3 is 0 Å². The third-order valence-electron chi connectivity index (χ3n) is 5.85. The van der Waals surface area contributed by atoms with Crippen LogP contribution in [0.3, 0.4) is 0 Å². The number of piperazine rings is 1. The summed E-state index contributed by atoms with van der Waals surface area (Å²) in [7, 11) is 0. The third kappa shape index (κ3) is 5.03. The molecule has 0 spiro atoms. The van der Waals surface area contributed by atoms with Gasteiger partial charge in [-0.3, -0.25) is 19.4 Å². The molecule has 2 aliphatic heterocycles. The molecule has 2 heterocycles. The van der Waals surface area contributed by atoms with Gasteiger partial charge in [-0.2, -0.15) is 0 Å². The summed E-state index contributed by atoms with van der Waals surface area (Å²) in [6.07, 6.45) is 4.57. The maximum Gasteiger partial charge on any atom is 0.251 e. The van der Waals surface area contributed by atoms with E-state index in [1.54, 1.807) is 24.3 Å². The summed E-state index contributed by atoms with van der Waals surface area (Å²) in [4.78, 5) is 31.5. The second kappa shape index (κ2) is 9.90. The van der Waals surface area contributed by atoms with Crippen molar-refractivity contribution in [3.05, 3.63) is 66.2 Å². The summed E-state index contributed by atoms with van der Waals surface area (Å²) in [6, 6.07) is 17.1. The van der Waals surface area contributed by atoms with Crippen molar-refractivity contribution >= 4 is 23.6 Å². The normalized spacial score (nSPS) is 20.7. The number of nitrogens with zero attached hydrogens (tertiary/aromatic N) is 3. The Balaban J connectivity index is 1.31. The molecular weight excluding hydrogens is 390 g/mol. The first-order valence-corrected chi connectivity index (χ1v) is 10.9. The molecule has 0 bridgehead atoms. The SMILES string of the molecule is CCOc1ccc(N2C(=O)CC(N3CCN(C/C=C/c4ccccc4)CC3)C2=O)cc1. The number of hydrogen-bond donors (Lipinski definition) is 0. The minimum Gasteiger partial charge on any atom is -0.494 e. The molecule has 2 amide bonds. The first-order chi connectivity index (χ1) is 15.2. The highest BCUT2D eigenvalue weighted by atomic mass is 16.5. The topological polar surface area (TPSA) is 53.1 Å². The molecule has 4 rings (SSSR count). The van der Waals surface area contributed by atoms with Crippen molar-refractivity contribution in [1.82, 2.24) is 9.80 Å². The fourth-order valence-corrected chi connectivity index (χ4v) is 4.19. The van der Waals surface area contributed by atoms with Crippen molar-refractivity contribution in [2.75, 3.05) is 44.2 Å². The van der Waals surface area contributed by atoms with Gasteiger partial charge in [0.2, 0.25) is 5.91 Å². The Hall–Kier alpha value is -2.96. The lowest BCUT2D eigenvalue weighted by atomic mass is 10.1. The monoisotopic (exact) mass is 419 g/mol. The van der Waals surface area contributed by atoms with Crippen LogP contribution in [0.15, 0.2) is 60.7 Å². The number of imide groups is 1. The molecule has 31 heavy (non-hydrogen) atoms. The number of rotatable bonds is 7. The predicted molar refractivity (Wildman–Crippen MR) is 122 cm³/mol. The van der Waals surface area contributed by atoms with Gasteiger partial charge in [0.1, 0.15) is 5.75 Å². The standard InChI is InChI=1S/C25H29N3O3/c1-2-31-22-12-10-21(11-13-22)28-24(29)19-23(25(28)30)27-17-15-26(16-18-27)14-6-9-20-7-4-3-5-8-20/h3-13,23H,2,14-19H2,1H3/b9-6+. The molecule has 0 N–H and O–H groups in total. The molecular formula is C25H29N3O3. The largest absolute Gasteiger partial charge is 0.494 e. The molecule has 0 aromatic heterocycles. The van der Waals surface area contributed by atoms with E-state index in [1.807, 2.05) is 25.1 Å². The van der Waals surface area contributed by atoms with Gasteiger partial charge in [-0.15, -0.1) is 0 Å². The van der Waals surface area contributed by atoms with Crippen LogP contribution in [-0.2, 0) is 9.59 Å². The van der Waals surface area contributed by atoms with Crippen LogP contribution in [0.2, 0.25) is 0 Å². The van der Waals surface area contributed by atoms with E-state index >= 15 is 0 Å². The Morgan fingerprint density at radius 1 is 0.968 bits per heavy atom. The van der Waals surface area contributed by atoms with Gasteiger partial charge in [0, 0.05) is 32.7 Å². The Morgan fingerprint density at radius 2 is 1.68 bits per heavy atom. The molecule has 6 nitrogen and oxygen atoms in total. The second-order valence-electron chi connectivity index (χ2n) is 7.86. The number of carbonyl (C=O) groups is 2. The molecule has 2 aromatic carbocycles. The molecule has 2 fully saturated rings. The summed E-state index contributed by atoms with van der Waals surface area (Å²) < 4.78 is 5.45. The van der Waals surface area contributed by atoms with Gasteiger partial charge in [0.05, 0.1) is 24.8 Å². The first-order valence-electron chi connectivity index (χ1n) is 10.9. The molecule has 0 radical (unpaired) electrons. The minimum atomic E-state index is -0.360. The Labute approximate surface area is 183 Å². The number of anilines is 1. The summed E-state index contributed by atoms with van der Waals surface area (Å²) in [5, 5.41) is 0. The van der Waals surface area contributed by atoms with E-state index in [0.717, 1.165) is 38.5 Å². The van der Waals surface area contributed by atoms with E-state index in [2.05, 4.69) is 34.1 Å². The summed E-state index contributed by atoms with van der Waals surface area (Å²) in [5.74, 6) is 0.485. The van der Waals surface area contributed by atoms with Crippen LogP contribution in [-0.4, -0.2) is 67.0 Å². The van der Waals surface area contributed by atoms with Gasteiger partial charge < -0.3 is 4.74 Å². The number of amides is 2. The van der Waals surface area contributed by atoms with Gasteiger partial charge in [0.15, 0.2) is 0 Å². The minimum absolute atomic E-state index is 0.119. The highest BCUT2D eigenvalue weighted by Gasteiger charge is 2.43. The van der Waals surface area contributed by atoms with Gasteiger partial charge in [-0.1, -0.05) is 42.5 Å². The van der Waals surface area contributed by atoms with E-state index in [9.17, 15) is 9.59 Å². The molecule has 162 valence electrons. The van der Waals surface area contributed by atoms with Crippen LogP contribution < -0.4 is 9.64 Å². The van der Waals surface area contributed by atoms with E-state index in [-0.39, 0.29) is 24.3 Å². The maximum atomic E-state index is 13.0. The molecule has 1 atom stereocenters. The maximum absolute atomic E-state index is 13.0. The molecule has 2 saturated heterocycles. The van der Waals surface area contributed by atoms with Crippen molar-refractivity contribution in [1.29, 1.82) is 0 Å². The number of benzene rings is 2. The first kappa shape index (κ1) is 21.3. The predicted octanol–water partition coefficient (Wildman–Crippen LogP) is 3.05. The second-order valence-corrected chi connectivity index (χ2v) is 7.86. The highest BCUT2D eigenvalue weighted by molar-refractivity contribution is 6.22. The van der Waals surface area contributed by atoms with Crippen LogP contribution in [0.25, 0.3) is 6.08 Å². The molecule has 0 saturated carbocycles. The van der Waals surface area contributed by atoms with E-state index in [4.69, 9.17) is 4.74 Å². The molecule has 2 aliphatic rings. The lowest BCUT2D eigenvalue weighted by Crippen LogP contribution is -2.52. The Bertz CT molecular complexity index is 919. The van der Waals surface area contributed by atoms with Crippen LogP contribution in [0.4, 0.5) is 5.69 Å². The van der Waals surface area contributed by atoms with Crippen molar-refractivity contribution < 1.29 is 14.3 Å². The zero-order valence-electron chi connectivity index (χ0n) is 17.9. The quantitative estimate of drug-likeness (QED) is 0.646. The fraction of sp³-hybridized carbons (Fsp3) is 0.360. The molecule has 0 aliphatic carbocycles. The smallest absolute Gasteiger partial charge is 0.251 e. The Morgan fingerprint density at radius 3 is 2.35 bits per heavy atom. The van der Waals surface area contributed by atoms with Crippen molar-refractivity contribution in [3.8, 4) is 5.75 Å². The van der Waals surface area contributed by atoms with Gasteiger partial charge in [0.25, 0.3) is 5.91 Å². The van der Waals surface area contributed by atoms with Crippen LogP contribution in [0.5, 0.6) is 5.75 Å². The molecule has 2 aromatic rings. The average molecular weight is 420 g/mol. The summed E-state index contributed by atoms with van der Waals surface area (Å²) >= 11 is 0. The number of carbonyl (C=O) groups excluding carboxylic acids is 2. The number of ether oxygens (including phenoxy) is 1. The zero-order chi connectivity index (χ0) is 21.6. The highest BCUT2D eigenvalue weighted by Crippen LogP contribution is 2.28. The van der Waals surface area contributed by atoms with Crippen LogP contribution in [0, 0.1) is 0 Å². The van der Waals surface area contributed by atoms with Gasteiger partial charge in [-0.05, 0) is 36.8 Å². The van der Waals surface area contributed by atoms with E-state index in [1.165, 1.54) is 10.5 Å². The third-order valence-corrected chi connectivity index (χ3v) is 5.85. The van der Waals surface area contributed by atoms with Crippen molar-refractivity contribution in [2.24, 2.45) is 0 Å². The zero-order valence-corrected chi connectivity index (χ0v) is 17.9. The van der Waals surface area contributed by atoms with Crippen LogP contribution in [0.1, 0.15) is 18.9 Å².